The van der Waals surface area contributed by atoms with Gasteiger partial charge in [-0.3, -0.25) is 14.8 Å². The molecule has 0 unspecified atom stereocenters. The third kappa shape index (κ3) is 9.67. The molecule has 2 N–H and O–H groups in total. The minimum absolute atomic E-state index is 0. The average molecular weight is 738 g/mol. The van der Waals surface area contributed by atoms with Crippen molar-refractivity contribution in [2.75, 3.05) is 26.7 Å². The smallest absolute Gasteiger partial charge is 0.146 e. The van der Waals surface area contributed by atoms with Gasteiger partial charge in [0, 0.05) is 79.1 Å². The number of nitrogens with one attached hydrogen (secondary N) is 2. The summed E-state index contributed by atoms with van der Waals surface area (Å²) in [7, 11) is 2.17. The van der Waals surface area contributed by atoms with Crippen LogP contribution in [-0.2, 0) is 59.2 Å². The van der Waals surface area contributed by atoms with E-state index in [9.17, 15) is 4.79 Å². The summed E-state index contributed by atoms with van der Waals surface area (Å²) in [4.78, 5) is 26.5. The summed E-state index contributed by atoms with van der Waals surface area (Å²) in [5.41, 5.74) is 13.2. The number of rotatable bonds is 7. The number of amidine groups is 1. The van der Waals surface area contributed by atoms with Crippen molar-refractivity contribution < 1.29 is 46.3 Å². The molecule has 8 nitrogen and oxygen atoms in total. The fourth-order valence-electron chi connectivity index (χ4n) is 3.82. The van der Waals surface area contributed by atoms with Crippen LogP contribution < -0.4 is 5.32 Å². The van der Waals surface area contributed by atoms with E-state index in [1.165, 1.54) is 31.5 Å². The summed E-state index contributed by atoms with van der Waals surface area (Å²) >= 11 is 0. The zero-order chi connectivity index (χ0) is 23.6. The van der Waals surface area contributed by atoms with Crippen LogP contribution in [0.4, 0.5) is 17.1 Å². The van der Waals surface area contributed by atoms with E-state index >= 15 is 0 Å². The number of nitrogens with zero attached hydrogens (tertiary/aromatic N) is 5. The van der Waals surface area contributed by atoms with Gasteiger partial charge in [-0.15, -0.1) is 11.4 Å². The number of aliphatic imine (C=N–C) groups is 1. The van der Waals surface area contributed by atoms with Crippen molar-refractivity contribution >= 4 is 35.3 Å². The number of aldehydes is 1. The number of hydrogen-bond acceptors (Lipinski definition) is 6. The van der Waals surface area contributed by atoms with Crippen molar-refractivity contribution in [1.82, 2.24) is 20.2 Å². The second-order valence-corrected chi connectivity index (χ2v) is 8.31. The molecule has 0 fully saturated rings. The van der Waals surface area contributed by atoms with Crippen molar-refractivity contribution in [3.05, 3.63) is 58.1 Å². The molecule has 0 saturated heterocycles. The first kappa shape index (κ1) is 31.3. The third-order valence-corrected chi connectivity index (χ3v) is 5.35. The second-order valence-electron chi connectivity index (χ2n) is 8.31. The number of pyridine rings is 2. The summed E-state index contributed by atoms with van der Waals surface area (Å²) < 4.78 is 0. The van der Waals surface area contributed by atoms with Gasteiger partial charge in [-0.25, -0.2) is 0 Å². The van der Waals surface area contributed by atoms with Crippen molar-refractivity contribution in [1.29, 1.82) is 0 Å². The molecule has 2 aliphatic rings. The van der Waals surface area contributed by atoms with Crippen LogP contribution in [0.1, 0.15) is 50.1 Å². The second kappa shape index (κ2) is 16.1. The third-order valence-electron chi connectivity index (χ3n) is 5.35. The average Bonchev–Trinajstić information content (AvgIpc) is 2.97. The van der Waals surface area contributed by atoms with Gasteiger partial charge in [0.1, 0.15) is 6.29 Å². The number of carbonyl (C=O) groups excluding carboxylic acids is 1. The molecule has 2 aromatic rings. The number of hydrogen-bond donors (Lipinski definition) is 1. The van der Waals surface area contributed by atoms with Crippen LogP contribution in [0.3, 0.4) is 0 Å². The SMILES string of the molecule is CCCN(C)CCC.[NH-]C1=Nc2cc([N-]c3cnc4c(c3)CNCC4)cnc2C=C(C=O)C1.[Pd].[W]. The van der Waals surface area contributed by atoms with Gasteiger partial charge < -0.3 is 26.3 Å². The van der Waals surface area contributed by atoms with E-state index < -0.39 is 0 Å². The van der Waals surface area contributed by atoms with E-state index in [0.717, 1.165) is 37.2 Å². The molecule has 0 bridgehead atoms. The van der Waals surface area contributed by atoms with Crippen LogP contribution >= 0.6 is 0 Å². The molecule has 4 rings (SSSR count). The Kier molecular flexibility index (Phi) is 14.4. The number of carbonyl (C=O) groups is 1. The van der Waals surface area contributed by atoms with E-state index in [1.807, 2.05) is 6.07 Å². The molecule has 2 aromatic heterocycles. The Bertz CT molecular complexity index is 1020. The van der Waals surface area contributed by atoms with Crippen molar-refractivity contribution in [2.24, 2.45) is 4.99 Å². The molecule has 2 aliphatic heterocycles. The Balaban J connectivity index is 0.000000535. The van der Waals surface area contributed by atoms with Gasteiger partial charge >= 0.3 is 0 Å². The summed E-state index contributed by atoms with van der Waals surface area (Å²) in [6, 6.07) is 3.81. The monoisotopic (exact) mass is 737 g/mol. The fourth-order valence-corrected chi connectivity index (χ4v) is 3.82. The summed E-state index contributed by atoms with van der Waals surface area (Å²) in [6.45, 7) is 8.68. The molecule has 4 heterocycles. The molecule has 0 spiro atoms. The maximum atomic E-state index is 11.0. The Morgan fingerprint density at radius 1 is 1.14 bits per heavy atom. The van der Waals surface area contributed by atoms with Crippen LogP contribution in [-0.4, -0.2) is 53.7 Å². The maximum Gasteiger partial charge on any atom is 0.146 e. The Labute approximate surface area is 236 Å². The van der Waals surface area contributed by atoms with Gasteiger partial charge in [0.25, 0.3) is 0 Å². The van der Waals surface area contributed by atoms with Crippen molar-refractivity contribution in [2.45, 2.75) is 46.1 Å². The quantitative estimate of drug-likeness (QED) is 0.308. The van der Waals surface area contributed by atoms with Crippen LogP contribution in [0.5, 0.6) is 0 Å². The molecule has 35 heavy (non-hydrogen) atoms. The first-order chi connectivity index (χ1) is 16.0. The zero-order valence-corrected chi connectivity index (χ0v) is 25.0. The minimum atomic E-state index is 0. The Hall–Kier alpha value is -1.75. The molecule has 0 saturated carbocycles. The molecular weight excluding hydrogens is 705 g/mol. The molecule has 0 amide bonds. The molecule has 10 heteroatoms. The van der Waals surface area contributed by atoms with Gasteiger partial charge in [0.15, 0.2) is 0 Å². The van der Waals surface area contributed by atoms with Gasteiger partial charge in [0.2, 0.25) is 0 Å². The Morgan fingerprint density at radius 2 is 1.83 bits per heavy atom. The molecular formula is C25H33N7OPdW-2. The van der Waals surface area contributed by atoms with E-state index in [4.69, 9.17) is 5.73 Å². The maximum absolute atomic E-state index is 11.0. The molecule has 0 atom stereocenters. The molecule has 0 radical (unpaired) electrons. The van der Waals surface area contributed by atoms with Crippen LogP contribution in [0, 0.1) is 0 Å². The first-order valence-electron chi connectivity index (χ1n) is 11.6. The van der Waals surface area contributed by atoms with Crippen LogP contribution in [0.2, 0.25) is 0 Å². The van der Waals surface area contributed by atoms with E-state index in [0.29, 0.717) is 22.6 Å². The molecule has 0 aliphatic carbocycles. The zero-order valence-electron chi connectivity index (χ0n) is 20.5. The summed E-state index contributed by atoms with van der Waals surface area (Å²) in [5, 5.41) is 7.91. The minimum Gasteiger partial charge on any atom is -0.655 e. The standard InChI is InChI=1S/C18H17N6O.C7H17N.Pd.W/c19-18-4-11(10-25)3-16-17(24-18)6-14(9-22-16)23-13-5-12-7-20-2-1-15(12)21-8-13;1-4-6-8(3)7-5-2;;/h3,5-6,8-10,20H,1-2,4,7H2,(H2-,19,23,24,25);4-7H2,1-3H3;;/q-1;;;/p-1. The summed E-state index contributed by atoms with van der Waals surface area (Å²) in [6.07, 6.45) is 9.51. The number of fused-ring (bicyclic) bond motifs is 2. The van der Waals surface area contributed by atoms with Gasteiger partial charge in [-0.1, -0.05) is 31.8 Å². The largest absolute Gasteiger partial charge is 0.655 e. The van der Waals surface area contributed by atoms with Crippen LogP contribution in [0.15, 0.2) is 35.1 Å². The van der Waals surface area contributed by atoms with Gasteiger partial charge in [-0.2, -0.15) is 0 Å². The molecule has 192 valence electrons. The van der Waals surface area contributed by atoms with Gasteiger partial charge in [0.05, 0.1) is 5.69 Å². The Morgan fingerprint density at radius 3 is 2.51 bits per heavy atom. The molecule has 0 aromatic carbocycles. The number of aromatic nitrogens is 2. The normalized spacial score (nSPS) is 13.8. The van der Waals surface area contributed by atoms with Crippen molar-refractivity contribution in [3.63, 3.8) is 0 Å². The van der Waals surface area contributed by atoms with Gasteiger partial charge in [-0.05, 0) is 62.3 Å². The van der Waals surface area contributed by atoms with E-state index in [-0.39, 0.29) is 53.7 Å². The fraction of sp³-hybridized carbons (Fsp3) is 0.440. The predicted molar refractivity (Wildman–Crippen MR) is 135 cm³/mol. The van der Waals surface area contributed by atoms with E-state index in [2.05, 4.69) is 51.4 Å². The topological polar surface area (TPSA) is 108 Å². The summed E-state index contributed by atoms with van der Waals surface area (Å²) in [5.74, 6) is 0.137. The van der Waals surface area contributed by atoms with Crippen LogP contribution in [0.25, 0.3) is 17.1 Å². The predicted octanol–water partition coefficient (Wildman–Crippen LogP) is 5.26. The van der Waals surface area contributed by atoms with Crippen molar-refractivity contribution in [3.8, 4) is 0 Å². The first-order valence-corrected chi connectivity index (χ1v) is 11.6. The van der Waals surface area contributed by atoms with E-state index in [1.54, 1.807) is 24.5 Å².